The lowest BCUT2D eigenvalue weighted by Gasteiger charge is -2.05. The fraction of sp³-hybridized carbons (Fsp3) is 0. The van der Waals surface area contributed by atoms with E-state index in [2.05, 4.69) is 3.17 Å². The first-order chi connectivity index (χ1) is 6.25. The lowest BCUT2D eigenvalue weighted by Crippen LogP contribution is -2.26. The maximum atomic E-state index is 11.4. The number of halogens is 1. The summed E-state index contributed by atoms with van der Waals surface area (Å²) in [6, 6.07) is 6.62. The van der Waals surface area contributed by atoms with E-state index in [9.17, 15) is 9.59 Å². The molecule has 0 spiro atoms. The standard InChI is InChI=1S/C8H4INO3/c9-13-10-7(11)5-3-1-2-4-6(5)8(10)12/h1-4H. The van der Waals surface area contributed by atoms with E-state index in [1.54, 1.807) is 24.3 Å². The molecule has 1 aliphatic heterocycles. The van der Waals surface area contributed by atoms with E-state index >= 15 is 0 Å². The Labute approximate surface area is 88.1 Å². The summed E-state index contributed by atoms with van der Waals surface area (Å²) in [5.74, 6) is -0.815. The molecule has 4 nitrogen and oxygen atoms in total. The van der Waals surface area contributed by atoms with Crippen LogP contribution in [0.3, 0.4) is 0 Å². The van der Waals surface area contributed by atoms with Gasteiger partial charge in [-0.25, -0.2) is 0 Å². The molecule has 0 aromatic heterocycles. The molecule has 0 atom stereocenters. The quantitative estimate of drug-likeness (QED) is 0.582. The van der Waals surface area contributed by atoms with Crippen molar-refractivity contribution < 1.29 is 12.8 Å². The van der Waals surface area contributed by atoms with Crippen molar-refractivity contribution in [3.63, 3.8) is 0 Å². The summed E-state index contributed by atoms with van der Waals surface area (Å²) in [5, 5.41) is 0.741. The number of carbonyl (C=O) groups excluding carboxylic acids is 2. The van der Waals surface area contributed by atoms with Crippen LogP contribution < -0.4 is 0 Å². The molecular weight excluding hydrogens is 285 g/mol. The summed E-state index contributed by atoms with van der Waals surface area (Å²) in [6.07, 6.45) is 0. The third kappa shape index (κ3) is 1.15. The lowest BCUT2D eigenvalue weighted by molar-refractivity contribution is 0.0101. The van der Waals surface area contributed by atoms with E-state index in [0.29, 0.717) is 11.1 Å². The molecule has 0 unspecified atom stereocenters. The van der Waals surface area contributed by atoms with Gasteiger partial charge in [0.25, 0.3) is 11.8 Å². The fourth-order valence-electron chi connectivity index (χ4n) is 1.23. The van der Waals surface area contributed by atoms with Crippen molar-refractivity contribution in [2.45, 2.75) is 0 Å². The van der Waals surface area contributed by atoms with Gasteiger partial charge >= 0.3 is 0 Å². The SMILES string of the molecule is O=C1c2ccccc2C(=O)N1OI. The van der Waals surface area contributed by atoms with Gasteiger partial charge in [-0.3, -0.25) is 9.59 Å². The third-order valence-corrected chi connectivity index (χ3v) is 2.22. The van der Waals surface area contributed by atoms with Gasteiger partial charge in [-0.2, -0.15) is 3.17 Å². The molecule has 2 rings (SSSR count). The molecule has 5 heteroatoms. The highest BCUT2D eigenvalue weighted by molar-refractivity contribution is 14.1. The summed E-state index contributed by atoms with van der Waals surface area (Å²) in [7, 11) is 0. The first-order valence-corrected chi connectivity index (χ1v) is 4.40. The third-order valence-electron chi connectivity index (χ3n) is 1.83. The van der Waals surface area contributed by atoms with Crippen LogP contribution in [0.2, 0.25) is 0 Å². The predicted molar refractivity (Wildman–Crippen MR) is 52.0 cm³/mol. The van der Waals surface area contributed by atoms with Crippen LogP contribution in [-0.2, 0) is 3.17 Å². The fourth-order valence-corrected chi connectivity index (χ4v) is 1.59. The highest BCUT2D eigenvalue weighted by atomic mass is 127. The molecule has 1 heterocycles. The summed E-state index contributed by atoms with van der Waals surface area (Å²) in [4.78, 5) is 22.8. The minimum atomic E-state index is -0.407. The number of nitrogens with zero attached hydrogens (tertiary/aromatic N) is 1. The molecule has 0 saturated heterocycles. The van der Waals surface area contributed by atoms with Gasteiger partial charge in [0.05, 0.1) is 11.1 Å². The summed E-state index contributed by atoms with van der Waals surface area (Å²) >= 11 is 1.50. The van der Waals surface area contributed by atoms with E-state index in [1.807, 2.05) is 0 Å². The van der Waals surface area contributed by atoms with Crippen molar-refractivity contribution in [1.29, 1.82) is 0 Å². The molecule has 0 radical (unpaired) electrons. The maximum absolute atomic E-state index is 11.4. The number of imide groups is 1. The Morgan fingerprint density at radius 2 is 1.54 bits per heavy atom. The number of rotatable bonds is 1. The van der Waals surface area contributed by atoms with Crippen LogP contribution in [0.1, 0.15) is 20.7 Å². The van der Waals surface area contributed by atoms with Gasteiger partial charge in [-0.1, -0.05) is 12.1 Å². The zero-order valence-corrected chi connectivity index (χ0v) is 8.52. The summed E-state index contributed by atoms with van der Waals surface area (Å²) in [5.41, 5.74) is 0.785. The van der Waals surface area contributed by atoms with Crippen molar-refractivity contribution in [3.05, 3.63) is 35.4 Å². The molecule has 1 aromatic rings. The minimum absolute atomic E-state index is 0.393. The van der Waals surface area contributed by atoms with Gasteiger partial charge < -0.3 is 0 Å². The zero-order chi connectivity index (χ0) is 9.42. The Bertz CT molecular complexity index is 356. The van der Waals surface area contributed by atoms with Gasteiger partial charge in [0.15, 0.2) is 0 Å². The van der Waals surface area contributed by atoms with Gasteiger partial charge in [0.1, 0.15) is 23.0 Å². The van der Waals surface area contributed by atoms with Crippen LogP contribution in [0.15, 0.2) is 24.3 Å². The summed E-state index contributed by atoms with van der Waals surface area (Å²) in [6.45, 7) is 0. The topological polar surface area (TPSA) is 46.6 Å². The second-order valence-electron chi connectivity index (χ2n) is 2.52. The van der Waals surface area contributed by atoms with Crippen LogP contribution in [0, 0.1) is 0 Å². The smallest absolute Gasteiger partial charge is 0.266 e. The first kappa shape index (κ1) is 8.64. The van der Waals surface area contributed by atoms with Crippen LogP contribution >= 0.6 is 23.0 Å². The number of carbonyl (C=O) groups is 2. The van der Waals surface area contributed by atoms with E-state index in [0.717, 1.165) is 5.06 Å². The zero-order valence-electron chi connectivity index (χ0n) is 6.36. The van der Waals surface area contributed by atoms with E-state index in [1.165, 1.54) is 23.0 Å². The van der Waals surface area contributed by atoms with Crippen molar-refractivity contribution >= 4 is 34.8 Å². The first-order valence-electron chi connectivity index (χ1n) is 3.52. The van der Waals surface area contributed by atoms with Crippen molar-refractivity contribution in [1.82, 2.24) is 5.06 Å². The highest BCUT2D eigenvalue weighted by Gasteiger charge is 2.36. The van der Waals surface area contributed by atoms with Gasteiger partial charge in [0, 0.05) is 0 Å². The van der Waals surface area contributed by atoms with E-state index < -0.39 is 11.8 Å². The molecule has 1 aliphatic rings. The second-order valence-corrected chi connectivity index (χ2v) is 2.91. The van der Waals surface area contributed by atoms with Crippen LogP contribution in [0.5, 0.6) is 0 Å². The molecule has 0 aliphatic carbocycles. The second kappa shape index (κ2) is 3.08. The van der Waals surface area contributed by atoms with Crippen molar-refractivity contribution in [2.24, 2.45) is 0 Å². The molecule has 2 amide bonds. The molecular formula is C8H4INO3. The Hall–Kier alpha value is -0.950. The Morgan fingerprint density at radius 3 is 1.92 bits per heavy atom. The van der Waals surface area contributed by atoms with E-state index in [-0.39, 0.29) is 0 Å². The monoisotopic (exact) mass is 289 g/mol. The molecule has 0 N–H and O–H groups in total. The van der Waals surface area contributed by atoms with Crippen LogP contribution in [0.4, 0.5) is 0 Å². The summed E-state index contributed by atoms with van der Waals surface area (Å²) < 4.78 is 4.62. The number of hydrogen-bond donors (Lipinski definition) is 0. The largest absolute Gasteiger partial charge is 0.286 e. The Morgan fingerprint density at radius 1 is 1.08 bits per heavy atom. The average molecular weight is 289 g/mol. The lowest BCUT2D eigenvalue weighted by atomic mass is 10.1. The number of amides is 2. The van der Waals surface area contributed by atoms with E-state index in [4.69, 9.17) is 0 Å². The van der Waals surface area contributed by atoms with Gasteiger partial charge in [-0.05, 0) is 12.1 Å². The molecule has 0 saturated carbocycles. The van der Waals surface area contributed by atoms with Gasteiger partial charge in [0.2, 0.25) is 0 Å². The van der Waals surface area contributed by atoms with Crippen LogP contribution in [-0.4, -0.2) is 16.9 Å². The van der Waals surface area contributed by atoms with Crippen molar-refractivity contribution in [2.75, 3.05) is 0 Å². The highest BCUT2D eigenvalue weighted by Crippen LogP contribution is 2.23. The number of benzene rings is 1. The molecule has 66 valence electrons. The average Bonchev–Trinajstić information content (AvgIpc) is 2.41. The number of hydrogen-bond acceptors (Lipinski definition) is 3. The van der Waals surface area contributed by atoms with Crippen molar-refractivity contribution in [3.8, 4) is 0 Å². The molecule has 13 heavy (non-hydrogen) atoms. The molecule has 0 fully saturated rings. The maximum Gasteiger partial charge on any atom is 0.286 e. The molecule has 0 bridgehead atoms. The number of hydroxylamine groups is 2. The molecule has 1 aromatic carbocycles. The Kier molecular flexibility index (Phi) is 2.04. The van der Waals surface area contributed by atoms with Crippen LogP contribution in [0.25, 0.3) is 0 Å². The van der Waals surface area contributed by atoms with Gasteiger partial charge in [-0.15, -0.1) is 5.06 Å². The minimum Gasteiger partial charge on any atom is -0.266 e. The number of fused-ring (bicyclic) bond motifs is 1. The normalized spacial score (nSPS) is 15.0. The Balaban J connectivity index is 2.57. The predicted octanol–water partition coefficient (Wildman–Crippen LogP) is 1.56.